The van der Waals surface area contributed by atoms with E-state index in [0.29, 0.717) is 19.4 Å². The number of hydrogen-bond acceptors (Lipinski definition) is 6. The van der Waals surface area contributed by atoms with Crippen molar-refractivity contribution in [3.05, 3.63) is 63.7 Å². The van der Waals surface area contributed by atoms with Crippen LogP contribution in [0.4, 0.5) is 5.69 Å². The second kappa shape index (κ2) is 11.4. The number of aryl methyl sites for hydroxylation is 2. The molecule has 0 spiro atoms. The fraction of sp³-hybridized carbons (Fsp3) is 0.381. The third kappa shape index (κ3) is 7.99. The van der Waals surface area contributed by atoms with Gasteiger partial charge in [-0.25, -0.2) is 13.1 Å². The van der Waals surface area contributed by atoms with Crippen LogP contribution in [-0.4, -0.2) is 38.9 Å². The van der Waals surface area contributed by atoms with E-state index in [4.69, 9.17) is 4.74 Å². The summed E-state index contributed by atoms with van der Waals surface area (Å²) in [6.07, 6.45) is 1.68. The van der Waals surface area contributed by atoms with Gasteiger partial charge in [0.1, 0.15) is 5.75 Å². The molecule has 0 bridgehead atoms. The van der Waals surface area contributed by atoms with Gasteiger partial charge in [0.05, 0.1) is 16.4 Å². The zero-order valence-corrected chi connectivity index (χ0v) is 18.4. The molecule has 0 aromatic heterocycles. The smallest absolute Gasteiger partial charge is 0.270 e. The van der Waals surface area contributed by atoms with Crippen LogP contribution in [0, 0.1) is 24.0 Å². The lowest BCUT2D eigenvalue weighted by Gasteiger charge is -2.10. The number of nitro groups is 1. The van der Waals surface area contributed by atoms with E-state index in [0.717, 1.165) is 29.4 Å². The highest BCUT2D eigenvalue weighted by Gasteiger charge is 2.17. The van der Waals surface area contributed by atoms with Gasteiger partial charge in [0.25, 0.3) is 5.69 Å². The SMILES string of the molecule is Cc1ccc(C)c(OCCCCC(=O)NCCNS(=O)(=O)c2cccc([N+](=O)[O-])c2)c1. The van der Waals surface area contributed by atoms with Crippen molar-refractivity contribution in [3.63, 3.8) is 0 Å². The van der Waals surface area contributed by atoms with Gasteiger partial charge in [-0.05, 0) is 49.9 Å². The monoisotopic (exact) mass is 449 g/mol. The molecule has 2 N–H and O–H groups in total. The molecule has 0 atom stereocenters. The van der Waals surface area contributed by atoms with Crippen LogP contribution < -0.4 is 14.8 Å². The summed E-state index contributed by atoms with van der Waals surface area (Å²) in [5.74, 6) is 0.668. The largest absolute Gasteiger partial charge is 0.493 e. The van der Waals surface area contributed by atoms with Crippen LogP contribution in [-0.2, 0) is 14.8 Å². The normalized spacial score (nSPS) is 11.2. The summed E-state index contributed by atoms with van der Waals surface area (Å²) >= 11 is 0. The molecule has 2 rings (SSSR count). The van der Waals surface area contributed by atoms with Crippen LogP contribution in [0.1, 0.15) is 30.4 Å². The highest BCUT2D eigenvalue weighted by molar-refractivity contribution is 7.89. The van der Waals surface area contributed by atoms with Crippen molar-refractivity contribution < 1.29 is 22.9 Å². The Balaban J connectivity index is 1.64. The number of unbranched alkanes of at least 4 members (excludes halogenated alkanes) is 1. The van der Waals surface area contributed by atoms with E-state index in [1.807, 2.05) is 32.0 Å². The van der Waals surface area contributed by atoms with Crippen LogP contribution in [0.5, 0.6) is 5.75 Å². The average molecular weight is 450 g/mol. The van der Waals surface area contributed by atoms with Crippen molar-refractivity contribution in [1.82, 2.24) is 10.0 Å². The minimum absolute atomic E-state index is 0.0213. The van der Waals surface area contributed by atoms with E-state index in [1.54, 1.807) is 0 Å². The van der Waals surface area contributed by atoms with Gasteiger partial charge in [-0.3, -0.25) is 14.9 Å². The molecule has 0 heterocycles. The Labute approximate surface area is 182 Å². The third-order valence-corrected chi connectivity index (χ3v) is 5.94. The number of carbonyl (C=O) groups excluding carboxylic acids is 1. The molecule has 10 heteroatoms. The minimum atomic E-state index is -3.89. The van der Waals surface area contributed by atoms with E-state index in [1.165, 1.54) is 18.2 Å². The fourth-order valence-corrected chi connectivity index (χ4v) is 3.83. The Morgan fingerprint density at radius 2 is 1.87 bits per heavy atom. The molecule has 0 unspecified atom stereocenters. The lowest BCUT2D eigenvalue weighted by atomic mass is 10.1. The Bertz CT molecular complexity index is 1020. The molecule has 168 valence electrons. The van der Waals surface area contributed by atoms with E-state index < -0.39 is 14.9 Å². The molecule has 2 aromatic carbocycles. The van der Waals surface area contributed by atoms with Gasteiger partial charge in [-0.1, -0.05) is 18.2 Å². The predicted molar refractivity (Wildman–Crippen MR) is 117 cm³/mol. The molecule has 2 aromatic rings. The third-order valence-electron chi connectivity index (χ3n) is 4.48. The molecule has 0 saturated heterocycles. The van der Waals surface area contributed by atoms with Crippen LogP contribution >= 0.6 is 0 Å². The van der Waals surface area contributed by atoms with Crippen molar-refractivity contribution in [2.45, 2.75) is 38.0 Å². The predicted octanol–water partition coefficient (Wildman–Crippen LogP) is 2.86. The van der Waals surface area contributed by atoms with Crippen molar-refractivity contribution in [1.29, 1.82) is 0 Å². The number of carbonyl (C=O) groups is 1. The number of nitro benzene ring substituents is 1. The second-order valence-electron chi connectivity index (χ2n) is 7.08. The summed E-state index contributed by atoms with van der Waals surface area (Å²) in [7, 11) is -3.89. The minimum Gasteiger partial charge on any atom is -0.493 e. The van der Waals surface area contributed by atoms with Gasteiger partial charge in [0, 0.05) is 31.6 Å². The van der Waals surface area contributed by atoms with Gasteiger partial charge in [0.15, 0.2) is 0 Å². The summed E-state index contributed by atoms with van der Waals surface area (Å²) in [5, 5.41) is 13.4. The molecule has 0 aliphatic heterocycles. The van der Waals surface area contributed by atoms with Crippen molar-refractivity contribution >= 4 is 21.6 Å². The highest BCUT2D eigenvalue weighted by atomic mass is 32.2. The number of rotatable bonds is 12. The molecule has 0 radical (unpaired) electrons. The summed E-state index contributed by atoms with van der Waals surface area (Å²) in [5.41, 5.74) is 1.88. The Kier molecular flexibility index (Phi) is 8.95. The van der Waals surface area contributed by atoms with Crippen LogP contribution in [0.2, 0.25) is 0 Å². The molecule has 31 heavy (non-hydrogen) atoms. The van der Waals surface area contributed by atoms with Crippen LogP contribution in [0.25, 0.3) is 0 Å². The zero-order chi connectivity index (χ0) is 22.9. The maximum Gasteiger partial charge on any atom is 0.270 e. The number of non-ortho nitro benzene ring substituents is 1. The van der Waals surface area contributed by atoms with Crippen molar-refractivity contribution in [2.24, 2.45) is 0 Å². The highest BCUT2D eigenvalue weighted by Crippen LogP contribution is 2.19. The number of nitrogens with one attached hydrogen (secondary N) is 2. The molecular weight excluding hydrogens is 422 g/mol. The van der Waals surface area contributed by atoms with Crippen molar-refractivity contribution in [3.8, 4) is 5.75 Å². The average Bonchev–Trinajstić information content (AvgIpc) is 2.73. The number of nitrogens with zero attached hydrogens (tertiary/aromatic N) is 1. The first-order valence-electron chi connectivity index (χ1n) is 9.90. The number of amides is 1. The van der Waals surface area contributed by atoms with Gasteiger partial charge < -0.3 is 10.1 Å². The van der Waals surface area contributed by atoms with E-state index in [2.05, 4.69) is 10.0 Å². The fourth-order valence-electron chi connectivity index (χ4n) is 2.76. The van der Waals surface area contributed by atoms with Gasteiger partial charge in [0.2, 0.25) is 15.9 Å². The van der Waals surface area contributed by atoms with Crippen molar-refractivity contribution in [2.75, 3.05) is 19.7 Å². The summed E-state index contributed by atoms with van der Waals surface area (Å²) in [4.78, 5) is 21.8. The standard InChI is InChI=1S/C21H27N3O6S/c1-16-9-10-17(2)20(14-16)30-13-4-3-8-21(25)22-11-12-23-31(28,29)19-7-5-6-18(15-19)24(26)27/h5-7,9-10,14-15,23H,3-4,8,11-13H2,1-2H3,(H,22,25). The summed E-state index contributed by atoms with van der Waals surface area (Å²) in [6, 6.07) is 10.8. The first-order chi connectivity index (χ1) is 14.7. The van der Waals surface area contributed by atoms with E-state index in [9.17, 15) is 23.3 Å². The van der Waals surface area contributed by atoms with E-state index in [-0.39, 0.29) is 29.6 Å². The summed E-state index contributed by atoms with van der Waals surface area (Å²) < 4.78 is 32.5. The lowest BCUT2D eigenvalue weighted by Crippen LogP contribution is -2.34. The molecule has 0 aliphatic rings. The quantitative estimate of drug-likeness (QED) is 0.291. The first kappa shape index (κ1) is 24.3. The number of ether oxygens (including phenoxy) is 1. The second-order valence-corrected chi connectivity index (χ2v) is 8.84. The Morgan fingerprint density at radius 3 is 2.61 bits per heavy atom. The van der Waals surface area contributed by atoms with Gasteiger partial charge in [-0.2, -0.15) is 0 Å². The molecule has 0 aliphatic carbocycles. The van der Waals surface area contributed by atoms with Gasteiger partial charge >= 0.3 is 0 Å². The van der Waals surface area contributed by atoms with Gasteiger partial charge in [-0.15, -0.1) is 0 Å². The molecule has 0 saturated carbocycles. The van der Waals surface area contributed by atoms with Crippen LogP contribution in [0.3, 0.4) is 0 Å². The molecular formula is C21H27N3O6S. The lowest BCUT2D eigenvalue weighted by molar-refractivity contribution is -0.385. The number of sulfonamides is 1. The van der Waals surface area contributed by atoms with E-state index >= 15 is 0 Å². The molecule has 9 nitrogen and oxygen atoms in total. The van der Waals surface area contributed by atoms with Crippen LogP contribution in [0.15, 0.2) is 47.4 Å². The zero-order valence-electron chi connectivity index (χ0n) is 17.6. The maximum atomic E-state index is 12.2. The topological polar surface area (TPSA) is 128 Å². The Hall–Kier alpha value is -2.98. The number of hydrogen-bond donors (Lipinski definition) is 2. The maximum absolute atomic E-state index is 12.2. The Morgan fingerprint density at radius 1 is 1.10 bits per heavy atom. The first-order valence-corrected chi connectivity index (χ1v) is 11.4. The molecule has 1 amide bonds. The summed E-state index contributed by atoms with van der Waals surface area (Å²) in [6.45, 7) is 4.59. The molecule has 0 fully saturated rings. The number of benzene rings is 2.